The van der Waals surface area contributed by atoms with Gasteiger partial charge in [-0.15, -0.1) is 0 Å². The molecule has 0 bridgehead atoms. The molecule has 2 saturated heterocycles. The number of urea groups is 1. The van der Waals surface area contributed by atoms with Crippen LogP contribution in [0.15, 0.2) is 0 Å². The zero-order valence-corrected chi connectivity index (χ0v) is 15.4. The minimum atomic E-state index is 0.00817. The summed E-state index contributed by atoms with van der Waals surface area (Å²) in [6.07, 6.45) is 6.13. The molecule has 138 valence electrons. The van der Waals surface area contributed by atoms with Crippen LogP contribution in [0.25, 0.3) is 0 Å². The summed E-state index contributed by atoms with van der Waals surface area (Å²) in [7, 11) is 0. The summed E-state index contributed by atoms with van der Waals surface area (Å²) < 4.78 is 0. The van der Waals surface area contributed by atoms with Crippen molar-refractivity contribution in [1.82, 2.24) is 20.4 Å². The van der Waals surface area contributed by atoms with Gasteiger partial charge in [0.05, 0.1) is 0 Å². The maximum Gasteiger partial charge on any atom is 0.317 e. The Kier molecular flexibility index (Phi) is 7.82. The molecule has 2 aliphatic heterocycles. The molecule has 2 aliphatic rings. The van der Waals surface area contributed by atoms with E-state index in [1.807, 2.05) is 11.8 Å². The molecule has 0 aromatic carbocycles. The summed E-state index contributed by atoms with van der Waals surface area (Å²) in [5.74, 6) is 0.225. The predicted octanol–water partition coefficient (Wildman–Crippen LogP) is 1.81. The molecule has 2 rings (SSSR count). The van der Waals surface area contributed by atoms with E-state index in [0.717, 1.165) is 38.8 Å². The smallest absolute Gasteiger partial charge is 0.317 e. The molecule has 0 aromatic heterocycles. The minimum absolute atomic E-state index is 0.00817. The Morgan fingerprint density at radius 3 is 2.42 bits per heavy atom. The summed E-state index contributed by atoms with van der Waals surface area (Å²) in [5.41, 5.74) is 0. The van der Waals surface area contributed by atoms with E-state index in [0.29, 0.717) is 13.1 Å². The van der Waals surface area contributed by atoms with Gasteiger partial charge in [-0.3, -0.25) is 4.79 Å². The second-order valence-electron chi connectivity index (χ2n) is 7.21. The molecule has 2 heterocycles. The van der Waals surface area contributed by atoms with Gasteiger partial charge in [-0.1, -0.05) is 6.92 Å². The van der Waals surface area contributed by atoms with Crippen LogP contribution >= 0.6 is 0 Å². The summed E-state index contributed by atoms with van der Waals surface area (Å²) in [6, 6.07) is 0.211. The molecule has 0 saturated carbocycles. The van der Waals surface area contributed by atoms with Crippen molar-refractivity contribution in [2.24, 2.45) is 5.92 Å². The lowest BCUT2D eigenvalue weighted by molar-refractivity contribution is -0.126. The SMILES string of the molecule is CCC(C)NC(=O)N1CCC(C(=O)NCCCN2CCCC2)CC1. The zero-order chi connectivity index (χ0) is 17.4. The van der Waals surface area contributed by atoms with Crippen LogP contribution in [-0.2, 0) is 4.79 Å². The standard InChI is InChI=1S/C18H34N4O2/c1-3-15(2)20-18(24)22-13-7-16(8-14-22)17(23)19-9-6-12-21-10-4-5-11-21/h15-16H,3-14H2,1-2H3,(H,19,23)(H,20,24). The highest BCUT2D eigenvalue weighted by Gasteiger charge is 2.27. The van der Waals surface area contributed by atoms with Crippen molar-refractivity contribution in [3.05, 3.63) is 0 Å². The Hall–Kier alpha value is -1.30. The van der Waals surface area contributed by atoms with Crippen molar-refractivity contribution < 1.29 is 9.59 Å². The predicted molar refractivity (Wildman–Crippen MR) is 95.9 cm³/mol. The summed E-state index contributed by atoms with van der Waals surface area (Å²) in [5, 5.41) is 6.07. The van der Waals surface area contributed by atoms with Gasteiger partial charge < -0.3 is 20.4 Å². The van der Waals surface area contributed by atoms with Gasteiger partial charge in [0.2, 0.25) is 5.91 Å². The van der Waals surface area contributed by atoms with E-state index in [2.05, 4.69) is 22.5 Å². The number of rotatable bonds is 7. The molecule has 0 spiro atoms. The molecule has 2 N–H and O–H groups in total. The average Bonchev–Trinajstić information content (AvgIpc) is 3.12. The second-order valence-corrected chi connectivity index (χ2v) is 7.21. The van der Waals surface area contributed by atoms with Crippen molar-refractivity contribution in [1.29, 1.82) is 0 Å². The van der Waals surface area contributed by atoms with E-state index in [4.69, 9.17) is 0 Å². The van der Waals surface area contributed by atoms with Crippen molar-refractivity contribution in [2.45, 2.75) is 58.4 Å². The quantitative estimate of drug-likeness (QED) is 0.696. The molecule has 1 unspecified atom stereocenters. The van der Waals surface area contributed by atoms with E-state index < -0.39 is 0 Å². The second kappa shape index (κ2) is 9.87. The third-order valence-corrected chi connectivity index (χ3v) is 5.28. The summed E-state index contributed by atoms with van der Waals surface area (Å²) >= 11 is 0. The first-order valence-corrected chi connectivity index (χ1v) is 9.65. The lowest BCUT2D eigenvalue weighted by atomic mass is 9.96. The molecule has 0 aromatic rings. The Labute approximate surface area is 146 Å². The number of nitrogens with zero attached hydrogens (tertiary/aromatic N) is 2. The van der Waals surface area contributed by atoms with Crippen LogP contribution in [-0.4, -0.2) is 67.0 Å². The fourth-order valence-electron chi connectivity index (χ4n) is 3.41. The molecular weight excluding hydrogens is 304 g/mol. The van der Waals surface area contributed by atoms with E-state index in [1.54, 1.807) is 0 Å². The lowest BCUT2D eigenvalue weighted by Gasteiger charge is -2.32. The number of piperidine rings is 1. The van der Waals surface area contributed by atoms with Gasteiger partial charge >= 0.3 is 6.03 Å². The number of hydrogen-bond donors (Lipinski definition) is 2. The average molecular weight is 338 g/mol. The van der Waals surface area contributed by atoms with E-state index in [9.17, 15) is 9.59 Å². The van der Waals surface area contributed by atoms with Gasteiger partial charge in [-0.2, -0.15) is 0 Å². The molecule has 0 aliphatic carbocycles. The molecule has 0 radical (unpaired) electrons. The largest absolute Gasteiger partial charge is 0.356 e. The van der Waals surface area contributed by atoms with Crippen LogP contribution in [0, 0.1) is 5.92 Å². The van der Waals surface area contributed by atoms with Crippen LogP contribution in [0.3, 0.4) is 0 Å². The van der Waals surface area contributed by atoms with Gasteiger partial charge in [0.25, 0.3) is 0 Å². The molecule has 24 heavy (non-hydrogen) atoms. The lowest BCUT2D eigenvalue weighted by Crippen LogP contribution is -2.48. The Bertz CT molecular complexity index is 402. The summed E-state index contributed by atoms with van der Waals surface area (Å²) in [4.78, 5) is 28.7. The highest BCUT2D eigenvalue weighted by atomic mass is 16.2. The van der Waals surface area contributed by atoms with Crippen molar-refractivity contribution in [2.75, 3.05) is 39.3 Å². The first-order chi connectivity index (χ1) is 11.6. The number of carbonyl (C=O) groups is 2. The van der Waals surface area contributed by atoms with Crippen LogP contribution in [0.1, 0.15) is 52.4 Å². The number of carbonyl (C=O) groups excluding carboxylic acids is 2. The maximum atomic E-state index is 12.3. The van der Waals surface area contributed by atoms with Crippen LogP contribution in [0.2, 0.25) is 0 Å². The molecule has 3 amide bonds. The van der Waals surface area contributed by atoms with Gasteiger partial charge in [0, 0.05) is 31.6 Å². The number of amides is 3. The molecule has 2 fully saturated rings. The van der Waals surface area contributed by atoms with Crippen molar-refractivity contribution >= 4 is 11.9 Å². The number of likely N-dealkylation sites (tertiary alicyclic amines) is 2. The molecule has 6 heteroatoms. The topological polar surface area (TPSA) is 64.7 Å². The Morgan fingerprint density at radius 2 is 1.79 bits per heavy atom. The normalized spacial score (nSPS) is 20.8. The van der Waals surface area contributed by atoms with E-state index >= 15 is 0 Å². The van der Waals surface area contributed by atoms with Crippen molar-refractivity contribution in [3.8, 4) is 0 Å². The van der Waals surface area contributed by atoms with Gasteiger partial charge in [-0.25, -0.2) is 4.79 Å². The minimum Gasteiger partial charge on any atom is -0.356 e. The van der Waals surface area contributed by atoms with Gasteiger partial charge in [-0.05, 0) is 65.1 Å². The van der Waals surface area contributed by atoms with Crippen LogP contribution in [0.5, 0.6) is 0 Å². The fourth-order valence-corrected chi connectivity index (χ4v) is 3.41. The van der Waals surface area contributed by atoms with Crippen LogP contribution < -0.4 is 10.6 Å². The number of hydrogen-bond acceptors (Lipinski definition) is 3. The third kappa shape index (κ3) is 5.96. The highest BCUT2D eigenvalue weighted by molar-refractivity contribution is 5.79. The first kappa shape index (κ1) is 19.0. The zero-order valence-electron chi connectivity index (χ0n) is 15.4. The highest BCUT2D eigenvalue weighted by Crippen LogP contribution is 2.17. The van der Waals surface area contributed by atoms with Gasteiger partial charge in [0.1, 0.15) is 0 Å². The first-order valence-electron chi connectivity index (χ1n) is 9.65. The fraction of sp³-hybridized carbons (Fsp3) is 0.889. The Balaban J connectivity index is 1.58. The molecule has 6 nitrogen and oxygen atoms in total. The monoisotopic (exact) mass is 338 g/mol. The van der Waals surface area contributed by atoms with Gasteiger partial charge in [0.15, 0.2) is 0 Å². The van der Waals surface area contributed by atoms with E-state index in [1.165, 1.54) is 25.9 Å². The maximum absolute atomic E-state index is 12.3. The molecule has 1 atom stereocenters. The number of nitrogens with one attached hydrogen (secondary N) is 2. The van der Waals surface area contributed by atoms with Crippen molar-refractivity contribution in [3.63, 3.8) is 0 Å². The Morgan fingerprint density at radius 1 is 1.12 bits per heavy atom. The van der Waals surface area contributed by atoms with Crippen LogP contribution in [0.4, 0.5) is 4.79 Å². The van der Waals surface area contributed by atoms with E-state index in [-0.39, 0.29) is 23.9 Å². The molecular formula is C18H34N4O2. The third-order valence-electron chi connectivity index (χ3n) is 5.28. The summed E-state index contributed by atoms with van der Waals surface area (Å²) in [6.45, 7) is 9.71.